The van der Waals surface area contributed by atoms with Crippen molar-refractivity contribution in [2.75, 3.05) is 0 Å². The molecule has 0 aromatic carbocycles. The zero-order valence-electron chi connectivity index (χ0n) is 11.8. The van der Waals surface area contributed by atoms with Crippen molar-refractivity contribution in [1.82, 2.24) is 14.8 Å². The molecule has 2 aromatic rings. The quantitative estimate of drug-likeness (QED) is 0.804. The van der Waals surface area contributed by atoms with Crippen LogP contribution >= 0.6 is 11.6 Å². The first-order chi connectivity index (χ1) is 9.26. The summed E-state index contributed by atoms with van der Waals surface area (Å²) in [5, 5.41) is 4.80. The number of hydrogen-bond donors (Lipinski definition) is 0. The van der Waals surface area contributed by atoms with Crippen molar-refractivity contribution in [3.05, 3.63) is 35.1 Å². The molecule has 6 heteroatoms. The third-order valence-corrected chi connectivity index (χ3v) is 2.67. The molecule has 0 atom stereocenters. The smallest absolute Gasteiger partial charge is 0.435 e. The first kappa shape index (κ1) is 14.5. The highest BCUT2D eigenvalue weighted by Crippen LogP contribution is 2.20. The maximum atomic E-state index is 12.0. The van der Waals surface area contributed by atoms with Crippen LogP contribution in [-0.4, -0.2) is 26.5 Å². The minimum Gasteiger partial charge on any atom is -0.442 e. The lowest BCUT2D eigenvalue weighted by Crippen LogP contribution is -2.28. The molecule has 0 saturated carbocycles. The fraction of sp³-hybridized carbons (Fsp3) is 0.357. The highest BCUT2D eigenvalue weighted by atomic mass is 35.5. The van der Waals surface area contributed by atoms with E-state index in [1.54, 1.807) is 31.3 Å². The van der Waals surface area contributed by atoms with Gasteiger partial charge in [-0.15, -0.1) is 0 Å². The first-order valence-electron chi connectivity index (χ1n) is 6.18. The maximum Gasteiger partial charge on any atom is 0.435 e. The normalized spacial score (nSPS) is 11.4. The molecule has 0 N–H and O–H groups in total. The third kappa shape index (κ3) is 3.36. The van der Waals surface area contributed by atoms with E-state index in [9.17, 15) is 4.79 Å². The summed E-state index contributed by atoms with van der Waals surface area (Å²) in [7, 11) is 0. The molecule has 0 aliphatic rings. The van der Waals surface area contributed by atoms with Gasteiger partial charge in [-0.1, -0.05) is 11.6 Å². The lowest BCUT2D eigenvalue weighted by atomic mass is 10.2. The van der Waals surface area contributed by atoms with Gasteiger partial charge < -0.3 is 4.74 Å². The predicted molar refractivity (Wildman–Crippen MR) is 76.8 cm³/mol. The van der Waals surface area contributed by atoms with E-state index in [4.69, 9.17) is 16.3 Å². The van der Waals surface area contributed by atoms with Gasteiger partial charge in [-0.25, -0.2) is 4.79 Å². The van der Waals surface area contributed by atoms with E-state index in [2.05, 4.69) is 10.1 Å². The van der Waals surface area contributed by atoms with Crippen LogP contribution in [0.1, 0.15) is 26.5 Å². The topological polar surface area (TPSA) is 57.0 Å². The summed E-state index contributed by atoms with van der Waals surface area (Å²) in [6.45, 7) is 7.21. The summed E-state index contributed by atoms with van der Waals surface area (Å²) in [5.74, 6) is 0. The summed E-state index contributed by atoms with van der Waals surface area (Å²) in [6, 6.07) is 5.15. The van der Waals surface area contributed by atoms with E-state index in [-0.39, 0.29) is 0 Å². The van der Waals surface area contributed by atoms with Gasteiger partial charge in [0.2, 0.25) is 0 Å². The molecule has 2 aromatic heterocycles. The number of carbonyl (C=O) groups is 1. The van der Waals surface area contributed by atoms with Crippen LogP contribution in [0, 0.1) is 6.92 Å². The lowest BCUT2D eigenvalue weighted by Gasteiger charge is -2.19. The van der Waals surface area contributed by atoms with Crippen LogP contribution < -0.4 is 0 Å². The number of pyridine rings is 1. The Kier molecular flexibility index (Phi) is 3.81. The van der Waals surface area contributed by atoms with E-state index in [1.807, 2.05) is 20.8 Å². The predicted octanol–water partition coefficient (Wildman–Crippen LogP) is 3.69. The number of aryl methyl sites for hydroxylation is 1. The molecule has 0 aliphatic carbocycles. The Morgan fingerprint density at radius 1 is 1.30 bits per heavy atom. The second-order valence-corrected chi connectivity index (χ2v) is 5.86. The minimum atomic E-state index is -0.566. The van der Waals surface area contributed by atoms with E-state index >= 15 is 0 Å². The molecular formula is C14H16ClN3O2. The first-order valence-corrected chi connectivity index (χ1v) is 6.56. The molecule has 106 valence electrons. The number of aromatic nitrogens is 3. The van der Waals surface area contributed by atoms with Gasteiger partial charge in [0.25, 0.3) is 0 Å². The Morgan fingerprint density at radius 2 is 2.00 bits per heavy atom. The lowest BCUT2D eigenvalue weighted by molar-refractivity contribution is 0.0511. The number of ether oxygens (including phenoxy) is 1. The van der Waals surface area contributed by atoms with Gasteiger partial charge in [0.05, 0.1) is 5.69 Å². The van der Waals surface area contributed by atoms with E-state index < -0.39 is 11.7 Å². The largest absolute Gasteiger partial charge is 0.442 e. The fourth-order valence-electron chi connectivity index (χ4n) is 1.63. The summed E-state index contributed by atoms with van der Waals surface area (Å²) in [4.78, 5) is 16.2. The van der Waals surface area contributed by atoms with Crippen molar-refractivity contribution in [2.24, 2.45) is 0 Å². The van der Waals surface area contributed by atoms with Crippen molar-refractivity contribution in [3.63, 3.8) is 0 Å². The summed E-state index contributed by atoms with van der Waals surface area (Å²) in [6.07, 6.45) is 1.09. The van der Waals surface area contributed by atoms with E-state index in [0.29, 0.717) is 22.1 Å². The molecule has 5 nitrogen and oxygen atoms in total. The molecule has 2 rings (SSSR count). The molecule has 0 spiro atoms. The number of halogens is 1. The Bertz CT molecular complexity index is 644. The Balaban J connectivity index is 2.33. The molecule has 0 saturated heterocycles. The highest BCUT2D eigenvalue weighted by molar-refractivity contribution is 6.30. The van der Waals surface area contributed by atoms with Gasteiger partial charge in [0.15, 0.2) is 0 Å². The maximum absolute atomic E-state index is 12.0. The van der Waals surface area contributed by atoms with Crippen molar-refractivity contribution < 1.29 is 9.53 Å². The van der Waals surface area contributed by atoms with E-state index in [1.165, 1.54) is 4.68 Å². The Labute approximate surface area is 122 Å². The molecular weight excluding hydrogens is 278 g/mol. The van der Waals surface area contributed by atoms with Crippen LogP contribution in [0.2, 0.25) is 5.02 Å². The van der Waals surface area contributed by atoms with Crippen LogP contribution in [0.3, 0.4) is 0 Å². The molecule has 2 heterocycles. The molecule has 20 heavy (non-hydrogen) atoms. The van der Waals surface area contributed by atoms with Crippen molar-refractivity contribution in [2.45, 2.75) is 33.3 Å². The summed E-state index contributed by atoms with van der Waals surface area (Å²) in [5.41, 5.74) is 1.30. The van der Waals surface area contributed by atoms with Crippen LogP contribution in [0.4, 0.5) is 4.79 Å². The van der Waals surface area contributed by atoms with Crippen LogP contribution in [0.15, 0.2) is 24.4 Å². The zero-order chi connectivity index (χ0) is 14.9. The number of carbonyl (C=O) groups excluding carboxylic acids is 1. The summed E-state index contributed by atoms with van der Waals surface area (Å²) >= 11 is 5.92. The van der Waals surface area contributed by atoms with Gasteiger partial charge in [-0.05, 0) is 45.9 Å². The van der Waals surface area contributed by atoms with Gasteiger partial charge in [-0.2, -0.15) is 9.78 Å². The zero-order valence-corrected chi connectivity index (χ0v) is 12.6. The van der Waals surface area contributed by atoms with Gasteiger partial charge in [0, 0.05) is 16.9 Å². The highest BCUT2D eigenvalue weighted by Gasteiger charge is 2.20. The molecule has 0 amide bonds. The molecule has 0 fully saturated rings. The summed E-state index contributed by atoms with van der Waals surface area (Å²) < 4.78 is 6.52. The monoisotopic (exact) mass is 293 g/mol. The van der Waals surface area contributed by atoms with Crippen molar-refractivity contribution >= 4 is 17.7 Å². The SMILES string of the molecule is Cc1cc(-c2cc(Cl)ccn2)nn1C(=O)OC(C)(C)C. The van der Waals surface area contributed by atoms with Crippen LogP contribution in [0.25, 0.3) is 11.4 Å². The second-order valence-electron chi connectivity index (χ2n) is 5.42. The molecule has 0 bridgehead atoms. The number of rotatable bonds is 1. The number of hydrogen-bond acceptors (Lipinski definition) is 4. The molecule has 0 unspecified atom stereocenters. The minimum absolute atomic E-state index is 0.511. The van der Waals surface area contributed by atoms with Crippen molar-refractivity contribution in [1.29, 1.82) is 0 Å². The number of nitrogens with zero attached hydrogens (tertiary/aromatic N) is 3. The van der Waals surface area contributed by atoms with Crippen LogP contribution in [-0.2, 0) is 4.74 Å². The van der Waals surface area contributed by atoms with Crippen LogP contribution in [0.5, 0.6) is 0 Å². The third-order valence-electron chi connectivity index (χ3n) is 2.44. The Hall–Kier alpha value is -1.88. The molecule has 0 aliphatic heterocycles. The van der Waals surface area contributed by atoms with Gasteiger partial charge in [0.1, 0.15) is 11.3 Å². The average Bonchev–Trinajstić information content (AvgIpc) is 2.69. The average molecular weight is 294 g/mol. The standard InChI is InChI=1S/C14H16ClN3O2/c1-9-7-12(11-8-10(15)5-6-16-11)17-18(9)13(19)20-14(2,3)4/h5-8H,1-4H3. The van der Waals surface area contributed by atoms with Gasteiger partial charge in [-0.3, -0.25) is 4.98 Å². The fourth-order valence-corrected chi connectivity index (χ4v) is 1.79. The Morgan fingerprint density at radius 3 is 2.60 bits per heavy atom. The van der Waals surface area contributed by atoms with Crippen molar-refractivity contribution in [3.8, 4) is 11.4 Å². The van der Waals surface area contributed by atoms with E-state index in [0.717, 1.165) is 0 Å². The second kappa shape index (κ2) is 5.25. The van der Waals surface area contributed by atoms with Gasteiger partial charge >= 0.3 is 6.09 Å². The molecule has 0 radical (unpaired) electrons.